The fourth-order valence-corrected chi connectivity index (χ4v) is 8.90. The van der Waals surface area contributed by atoms with Crippen LogP contribution in [0.2, 0.25) is 15.1 Å². The smallest absolute Gasteiger partial charge is 0.423 e. The van der Waals surface area contributed by atoms with Gasteiger partial charge in [-0.15, -0.1) is 0 Å². The van der Waals surface area contributed by atoms with Crippen LogP contribution in [0.5, 0.6) is 0 Å². The van der Waals surface area contributed by atoms with Gasteiger partial charge in [-0.25, -0.2) is 51.5 Å². The molecule has 0 atom stereocenters. The standard InChI is InChI=1S/C17H12ClF2N3O2S.C12H10ClFN2.C7H8BFO2.C5H4BrClN2.C5H5BrN2.C5H3ClFNO2S/c1-10-5-6-11(19)9-12(10)17-13(18)7-8-15(22-17)23-26(24,25)16-4-2-3-14(20)21-16;1-7-2-3-8(14)6-9(7)12-10(13)4-5-11(15)16-12;1-5-2-3-6(9)4-7(5)8(10)11;6-5-3(7)1-2-4(8)9-5;6-4-2-1-3-5(7)8-4;6-11(9,10)5-3-1-2-4(7)8-5/h2-9H,1H3,(H,22,23);2-6H,1H3,(H2,15,16);2-4,10-11H,1H3;1-2H,(H2,8,9);1-3H,(H2,7,8);1-3H. The minimum Gasteiger partial charge on any atom is -0.423 e. The Bertz CT molecular complexity index is 3820. The molecular formula is C51H42BBr2Cl4F5N10O6S2. The molecule has 0 unspecified atom stereocenters. The molecule has 0 spiro atoms. The zero-order valence-corrected chi connectivity index (χ0v) is 49.7. The van der Waals surface area contributed by atoms with Crippen molar-refractivity contribution in [2.24, 2.45) is 0 Å². The monoisotopic (exact) mass is 1360 g/mol. The van der Waals surface area contributed by atoms with E-state index in [-0.39, 0.29) is 27.8 Å². The third-order valence-corrected chi connectivity index (χ3v) is 14.5. The zero-order chi connectivity index (χ0) is 60.4. The molecule has 3 aromatic carbocycles. The Labute approximate surface area is 498 Å². The zero-order valence-electron chi connectivity index (χ0n) is 41.9. The molecule has 0 fully saturated rings. The lowest BCUT2D eigenvalue weighted by molar-refractivity contribution is 0.425. The lowest BCUT2D eigenvalue weighted by Crippen LogP contribution is -2.32. The first-order valence-corrected chi connectivity index (χ1v) is 28.9. The van der Waals surface area contributed by atoms with Gasteiger partial charge in [0.2, 0.25) is 11.9 Å². The van der Waals surface area contributed by atoms with Crippen LogP contribution in [0.1, 0.15) is 16.7 Å². The van der Waals surface area contributed by atoms with Crippen molar-refractivity contribution in [2.75, 3.05) is 21.9 Å². The normalized spacial score (nSPS) is 10.6. The molecule has 0 aliphatic rings. The predicted octanol–water partition coefficient (Wildman–Crippen LogP) is 12.1. The number of anilines is 4. The van der Waals surface area contributed by atoms with Crippen molar-refractivity contribution in [3.05, 3.63) is 216 Å². The molecule has 6 heterocycles. The van der Waals surface area contributed by atoms with Crippen LogP contribution in [0.4, 0.5) is 45.2 Å². The van der Waals surface area contributed by atoms with Crippen LogP contribution >= 0.6 is 77.3 Å². The fraction of sp³-hybridized carbons (Fsp3) is 0.0588. The Morgan fingerprint density at radius 1 is 0.506 bits per heavy atom. The number of pyridine rings is 6. The van der Waals surface area contributed by atoms with E-state index in [1.165, 1.54) is 60.7 Å². The van der Waals surface area contributed by atoms with Gasteiger partial charge < -0.3 is 27.2 Å². The quantitative estimate of drug-likeness (QED) is 0.0375. The van der Waals surface area contributed by atoms with E-state index in [0.717, 1.165) is 40.5 Å². The second kappa shape index (κ2) is 31.0. The highest BCUT2D eigenvalue weighted by Crippen LogP contribution is 2.32. The Morgan fingerprint density at radius 3 is 1.40 bits per heavy atom. The Morgan fingerprint density at radius 2 is 0.951 bits per heavy atom. The van der Waals surface area contributed by atoms with Crippen molar-refractivity contribution in [3.63, 3.8) is 0 Å². The van der Waals surface area contributed by atoms with Crippen LogP contribution < -0.4 is 27.4 Å². The number of rotatable bonds is 7. The molecule has 81 heavy (non-hydrogen) atoms. The number of hydrogen-bond donors (Lipinski definition) is 6. The average Bonchev–Trinajstić information content (AvgIpc) is 3.45. The maximum Gasteiger partial charge on any atom is 0.488 e. The number of aryl methyl sites for hydroxylation is 3. The number of hydrogen-bond acceptors (Lipinski definition) is 15. The first kappa shape index (κ1) is 66.9. The van der Waals surface area contributed by atoms with E-state index in [1.807, 2.05) is 19.1 Å². The van der Waals surface area contributed by atoms with Crippen LogP contribution in [-0.2, 0) is 19.1 Å². The van der Waals surface area contributed by atoms with Crippen molar-refractivity contribution >= 4 is 132 Å². The summed E-state index contributed by atoms with van der Waals surface area (Å²) in [5.74, 6) is -1.73. The van der Waals surface area contributed by atoms with Gasteiger partial charge >= 0.3 is 7.12 Å². The first-order valence-electron chi connectivity index (χ1n) is 22.4. The molecular weight excluding hydrogens is 1320 g/mol. The predicted molar refractivity (Wildman–Crippen MR) is 314 cm³/mol. The largest absolute Gasteiger partial charge is 0.488 e. The molecule has 9 aromatic rings. The fourth-order valence-electron chi connectivity index (χ4n) is 6.03. The molecule has 0 amide bonds. The van der Waals surface area contributed by atoms with Crippen LogP contribution in [-0.4, -0.2) is 63.9 Å². The Kier molecular flexibility index (Phi) is 25.6. The highest BCUT2D eigenvalue weighted by Gasteiger charge is 2.20. The lowest BCUT2D eigenvalue weighted by Gasteiger charge is -2.11. The van der Waals surface area contributed by atoms with E-state index in [2.05, 4.69) is 66.5 Å². The van der Waals surface area contributed by atoms with Crippen molar-refractivity contribution in [2.45, 2.75) is 30.8 Å². The van der Waals surface area contributed by atoms with Gasteiger partial charge in [-0.05, 0) is 178 Å². The summed E-state index contributed by atoms with van der Waals surface area (Å²) in [6.07, 6.45) is 0. The molecule has 16 nitrogen and oxygen atoms in total. The lowest BCUT2D eigenvalue weighted by atomic mass is 9.77. The highest BCUT2D eigenvalue weighted by atomic mass is 79.9. The summed E-state index contributed by atoms with van der Waals surface area (Å²) in [5, 5.41) is 17.7. The third-order valence-electron chi connectivity index (χ3n) is 9.85. The van der Waals surface area contributed by atoms with Crippen molar-refractivity contribution in [1.82, 2.24) is 29.9 Å². The summed E-state index contributed by atoms with van der Waals surface area (Å²) in [7, 11) is -4.77. The van der Waals surface area contributed by atoms with Crippen molar-refractivity contribution < 1.29 is 48.8 Å². The minimum absolute atomic E-state index is 0.0564. The average molecular weight is 1360 g/mol. The van der Waals surface area contributed by atoms with Gasteiger partial charge in [0.15, 0.2) is 10.1 Å². The maximum atomic E-state index is 13.6. The first-order chi connectivity index (χ1) is 37.9. The van der Waals surface area contributed by atoms with E-state index in [9.17, 15) is 38.8 Å². The minimum atomic E-state index is -4.15. The van der Waals surface area contributed by atoms with E-state index in [0.29, 0.717) is 60.0 Å². The van der Waals surface area contributed by atoms with E-state index >= 15 is 0 Å². The second-order valence-electron chi connectivity index (χ2n) is 15.9. The molecule has 9 N–H and O–H groups in total. The SMILES string of the molecule is Cc1ccc(F)cc1-c1nc(N)ccc1Cl.Cc1ccc(F)cc1-c1nc(NS(=O)(=O)c2cccc(F)n2)ccc1Cl.Cc1ccc(F)cc1B(O)O.Nc1ccc(Cl)c(Br)n1.Nc1cccc(Br)n1.O=S(=O)(Cl)c1cccc(F)n1. The number of aromatic nitrogens is 6. The molecule has 0 aliphatic heterocycles. The highest BCUT2D eigenvalue weighted by molar-refractivity contribution is 9.10. The number of nitrogens with two attached hydrogens (primary N) is 3. The van der Waals surface area contributed by atoms with Crippen LogP contribution in [0.3, 0.4) is 0 Å². The molecule has 30 heteroatoms. The van der Waals surface area contributed by atoms with Crippen molar-refractivity contribution in [1.29, 1.82) is 0 Å². The van der Waals surface area contributed by atoms with Crippen LogP contribution in [0, 0.1) is 50.1 Å². The van der Waals surface area contributed by atoms with Gasteiger partial charge in [-0.1, -0.05) is 76.8 Å². The summed E-state index contributed by atoms with van der Waals surface area (Å²) in [5.41, 5.74) is 20.6. The van der Waals surface area contributed by atoms with Gasteiger partial charge in [-0.2, -0.15) is 17.2 Å². The van der Waals surface area contributed by atoms with Crippen LogP contribution in [0.25, 0.3) is 22.5 Å². The molecule has 0 bridgehead atoms. The Balaban J connectivity index is 0.000000222. The number of sulfonamides is 1. The summed E-state index contributed by atoms with van der Waals surface area (Å²) in [6, 6.07) is 34.1. The Hall–Kier alpha value is -6.59. The molecule has 424 valence electrons. The van der Waals surface area contributed by atoms with Crippen LogP contribution in [0.15, 0.2) is 165 Å². The molecule has 0 saturated carbocycles. The van der Waals surface area contributed by atoms with Gasteiger partial charge in [0, 0.05) is 21.8 Å². The summed E-state index contributed by atoms with van der Waals surface area (Å²) in [4.78, 5) is 22.4. The number of nitrogens with one attached hydrogen (secondary N) is 1. The summed E-state index contributed by atoms with van der Waals surface area (Å²) < 4.78 is 114. The van der Waals surface area contributed by atoms with Gasteiger partial charge in [0.25, 0.3) is 19.1 Å². The molecule has 9 rings (SSSR count). The number of halogens is 11. The molecule has 0 saturated heterocycles. The molecule has 0 aliphatic carbocycles. The number of benzene rings is 3. The molecule has 0 radical (unpaired) electrons. The van der Waals surface area contributed by atoms with Gasteiger partial charge in [0.05, 0.1) is 26.5 Å². The maximum absolute atomic E-state index is 13.6. The van der Waals surface area contributed by atoms with E-state index < -0.39 is 59.8 Å². The van der Waals surface area contributed by atoms with E-state index in [4.69, 9.17) is 72.7 Å². The summed E-state index contributed by atoms with van der Waals surface area (Å²) >= 11 is 24.1. The van der Waals surface area contributed by atoms with Gasteiger partial charge in [-0.3, -0.25) is 4.72 Å². The second-order valence-corrected chi connectivity index (χ2v) is 22.8. The van der Waals surface area contributed by atoms with Gasteiger partial charge in [0.1, 0.15) is 49.9 Å². The molecule has 6 aromatic heterocycles. The third kappa shape index (κ3) is 22.0. The van der Waals surface area contributed by atoms with E-state index in [1.54, 1.807) is 56.3 Å². The number of nitrogens with zero attached hydrogens (tertiary/aromatic N) is 6. The topological polar surface area (TPSA) is 276 Å². The number of nitrogen functional groups attached to an aromatic ring is 3. The van der Waals surface area contributed by atoms with Crippen molar-refractivity contribution in [3.8, 4) is 22.5 Å². The summed E-state index contributed by atoms with van der Waals surface area (Å²) in [6.45, 7) is 5.31.